The molecule has 1 N–H and O–H groups in total. The molecule has 1 atom stereocenters. The quantitative estimate of drug-likeness (QED) is 0.877. The van der Waals surface area contributed by atoms with Gasteiger partial charge in [0.2, 0.25) is 5.91 Å². The molecule has 5 nitrogen and oxygen atoms in total. The van der Waals surface area contributed by atoms with E-state index in [0.29, 0.717) is 22.8 Å². The van der Waals surface area contributed by atoms with Crippen LogP contribution < -0.4 is 14.8 Å². The predicted molar refractivity (Wildman–Crippen MR) is 79.2 cm³/mol. The summed E-state index contributed by atoms with van der Waals surface area (Å²) < 4.78 is 31.1. The van der Waals surface area contributed by atoms with Gasteiger partial charge in [-0.05, 0) is 30.3 Å². The van der Waals surface area contributed by atoms with Gasteiger partial charge in [0.25, 0.3) is 0 Å². The summed E-state index contributed by atoms with van der Waals surface area (Å²) in [5.41, 5.74) is -0.241. The van der Waals surface area contributed by atoms with Gasteiger partial charge in [0, 0.05) is 5.56 Å². The number of ether oxygens (including phenoxy) is 3. The van der Waals surface area contributed by atoms with Crippen molar-refractivity contribution >= 4 is 5.91 Å². The van der Waals surface area contributed by atoms with Gasteiger partial charge in [-0.3, -0.25) is 4.79 Å². The smallest absolute Gasteiger partial charge is 0.247 e. The van der Waals surface area contributed by atoms with Crippen molar-refractivity contribution in [1.29, 1.82) is 0 Å². The van der Waals surface area contributed by atoms with E-state index in [1.54, 1.807) is 37.4 Å². The van der Waals surface area contributed by atoms with Crippen molar-refractivity contribution in [1.82, 2.24) is 5.32 Å². The van der Waals surface area contributed by atoms with E-state index >= 15 is 0 Å². The van der Waals surface area contributed by atoms with E-state index in [4.69, 9.17) is 14.2 Å². The van der Waals surface area contributed by atoms with Crippen molar-refractivity contribution in [3.8, 4) is 17.2 Å². The minimum atomic E-state index is -1.13. The van der Waals surface area contributed by atoms with Crippen molar-refractivity contribution in [3.05, 3.63) is 53.3 Å². The van der Waals surface area contributed by atoms with Crippen LogP contribution in [0.15, 0.2) is 36.4 Å². The van der Waals surface area contributed by atoms with E-state index in [2.05, 4.69) is 5.32 Å². The highest BCUT2D eigenvalue weighted by Gasteiger charge is 2.48. The molecular formula is C17H14FNO4. The lowest BCUT2D eigenvalue weighted by Crippen LogP contribution is -2.56. The first kappa shape index (κ1) is 14.0. The third-order valence-electron chi connectivity index (χ3n) is 4.17. The normalized spacial score (nSPS) is 21.9. The number of halogens is 1. The lowest BCUT2D eigenvalue weighted by molar-refractivity contribution is -0.134. The lowest BCUT2D eigenvalue weighted by Gasteiger charge is -2.42. The highest BCUT2D eigenvalue weighted by Crippen LogP contribution is 2.49. The number of methoxy groups -OCH3 is 1. The summed E-state index contributed by atoms with van der Waals surface area (Å²) in [6.45, 7) is 0.0713. The van der Waals surface area contributed by atoms with Gasteiger partial charge < -0.3 is 19.5 Å². The minimum absolute atomic E-state index is 0.0499. The monoisotopic (exact) mass is 315 g/mol. The molecule has 2 heterocycles. The molecule has 2 aliphatic heterocycles. The molecular weight excluding hydrogens is 301 g/mol. The number of nitrogens with one attached hydrogen (secondary N) is 1. The lowest BCUT2D eigenvalue weighted by atomic mass is 9.79. The van der Waals surface area contributed by atoms with Crippen molar-refractivity contribution in [2.24, 2.45) is 0 Å². The second kappa shape index (κ2) is 4.96. The van der Waals surface area contributed by atoms with Gasteiger partial charge in [-0.1, -0.05) is 6.07 Å². The molecule has 0 saturated carbocycles. The summed E-state index contributed by atoms with van der Waals surface area (Å²) in [4.78, 5) is 12.0. The van der Waals surface area contributed by atoms with Crippen LogP contribution >= 0.6 is 0 Å². The molecule has 2 aliphatic rings. The molecule has 1 amide bonds. The molecule has 0 bridgehead atoms. The van der Waals surface area contributed by atoms with Gasteiger partial charge >= 0.3 is 0 Å². The molecule has 1 spiro atoms. The molecule has 2 aromatic rings. The standard InChI is InChI=1S/C17H14FNO4/c1-21-10-5-6-13-11(7-10)17(9-22-8-15(20)19-17)16-12(18)3-2-4-14(16)23-13/h2-7H,8-9H2,1H3,(H,19,20). The number of hydrogen-bond acceptors (Lipinski definition) is 4. The summed E-state index contributed by atoms with van der Waals surface area (Å²) in [6.07, 6.45) is 0. The minimum Gasteiger partial charge on any atom is -0.497 e. The Morgan fingerprint density at radius 3 is 2.91 bits per heavy atom. The Labute approximate surface area is 132 Å². The van der Waals surface area contributed by atoms with E-state index in [9.17, 15) is 9.18 Å². The number of benzene rings is 2. The SMILES string of the molecule is COc1ccc2c(c1)C1(COCC(=O)N1)c1c(F)cccc1O2. The van der Waals surface area contributed by atoms with Crippen LogP contribution in [-0.2, 0) is 15.1 Å². The Kier molecular flexibility index (Phi) is 3.02. The molecule has 1 saturated heterocycles. The van der Waals surface area contributed by atoms with Gasteiger partial charge in [-0.2, -0.15) is 0 Å². The molecule has 2 aromatic carbocycles. The van der Waals surface area contributed by atoms with Gasteiger partial charge in [0.1, 0.15) is 35.2 Å². The van der Waals surface area contributed by atoms with E-state index in [-0.39, 0.29) is 24.7 Å². The fourth-order valence-electron chi connectivity index (χ4n) is 3.20. The maximum atomic E-state index is 14.6. The number of hydrogen-bond donors (Lipinski definition) is 1. The summed E-state index contributed by atoms with van der Waals surface area (Å²) >= 11 is 0. The topological polar surface area (TPSA) is 56.8 Å². The summed E-state index contributed by atoms with van der Waals surface area (Å²) in [5, 5.41) is 2.90. The zero-order chi connectivity index (χ0) is 16.0. The number of amides is 1. The molecule has 0 radical (unpaired) electrons. The third-order valence-corrected chi connectivity index (χ3v) is 4.17. The number of rotatable bonds is 1. The second-order valence-electron chi connectivity index (χ2n) is 5.52. The summed E-state index contributed by atoms with van der Waals surface area (Å²) in [7, 11) is 1.54. The van der Waals surface area contributed by atoms with Crippen molar-refractivity contribution in [2.45, 2.75) is 5.54 Å². The molecule has 118 valence electrons. The predicted octanol–water partition coefficient (Wildman–Crippen LogP) is 2.33. The highest BCUT2D eigenvalue weighted by atomic mass is 19.1. The maximum Gasteiger partial charge on any atom is 0.247 e. The first-order valence-electron chi connectivity index (χ1n) is 7.18. The summed E-state index contributed by atoms with van der Waals surface area (Å²) in [5.74, 6) is 0.734. The van der Waals surface area contributed by atoms with Crippen LogP contribution in [0, 0.1) is 5.82 Å². The molecule has 23 heavy (non-hydrogen) atoms. The Morgan fingerprint density at radius 1 is 1.26 bits per heavy atom. The Balaban J connectivity index is 2.01. The van der Waals surface area contributed by atoms with E-state index in [1.165, 1.54) is 6.07 Å². The summed E-state index contributed by atoms with van der Waals surface area (Å²) in [6, 6.07) is 9.82. The van der Waals surface area contributed by atoms with Crippen molar-refractivity contribution in [2.75, 3.05) is 20.3 Å². The van der Waals surface area contributed by atoms with E-state index < -0.39 is 11.4 Å². The van der Waals surface area contributed by atoms with Crippen molar-refractivity contribution in [3.63, 3.8) is 0 Å². The number of morpholine rings is 1. The van der Waals surface area contributed by atoms with Gasteiger partial charge in [-0.15, -0.1) is 0 Å². The highest BCUT2D eigenvalue weighted by molar-refractivity contribution is 5.81. The van der Waals surface area contributed by atoms with Gasteiger partial charge in [0.15, 0.2) is 0 Å². The van der Waals surface area contributed by atoms with Crippen LogP contribution in [0.1, 0.15) is 11.1 Å². The molecule has 0 aromatic heterocycles. The molecule has 1 fully saturated rings. The fourth-order valence-corrected chi connectivity index (χ4v) is 3.20. The van der Waals surface area contributed by atoms with Crippen LogP contribution in [0.5, 0.6) is 17.2 Å². The zero-order valence-electron chi connectivity index (χ0n) is 12.4. The number of carbonyl (C=O) groups excluding carboxylic acids is 1. The Bertz CT molecular complexity index is 807. The van der Waals surface area contributed by atoms with Crippen molar-refractivity contribution < 1.29 is 23.4 Å². The first-order chi connectivity index (χ1) is 11.1. The molecule has 4 rings (SSSR count). The Morgan fingerprint density at radius 2 is 2.13 bits per heavy atom. The molecule has 0 aliphatic carbocycles. The van der Waals surface area contributed by atoms with Crippen LogP contribution in [-0.4, -0.2) is 26.2 Å². The average Bonchev–Trinajstić information content (AvgIpc) is 2.55. The Hall–Kier alpha value is -2.60. The van der Waals surface area contributed by atoms with E-state index in [1.807, 2.05) is 0 Å². The third kappa shape index (κ3) is 1.98. The molecule has 1 unspecified atom stereocenters. The largest absolute Gasteiger partial charge is 0.497 e. The van der Waals surface area contributed by atoms with Crippen LogP contribution in [0.2, 0.25) is 0 Å². The second-order valence-corrected chi connectivity index (χ2v) is 5.52. The zero-order valence-corrected chi connectivity index (χ0v) is 12.4. The maximum absolute atomic E-state index is 14.6. The average molecular weight is 315 g/mol. The van der Waals surface area contributed by atoms with Crippen LogP contribution in [0.3, 0.4) is 0 Å². The fraction of sp³-hybridized carbons (Fsp3) is 0.235. The number of carbonyl (C=O) groups is 1. The van der Waals surface area contributed by atoms with Crippen LogP contribution in [0.25, 0.3) is 0 Å². The van der Waals surface area contributed by atoms with Gasteiger partial charge in [-0.25, -0.2) is 4.39 Å². The first-order valence-corrected chi connectivity index (χ1v) is 7.18. The molecule has 6 heteroatoms. The van der Waals surface area contributed by atoms with E-state index in [0.717, 1.165) is 0 Å². The van der Waals surface area contributed by atoms with Gasteiger partial charge in [0.05, 0.1) is 19.3 Å². The van der Waals surface area contributed by atoms with Crippen LogP contribution in [0.4, 0.5) is 4.39 Å². The number of fused-ring (bicyclic) bond motifs is 4.